The molecular weight excluding hydrogens is 318 g/mol. The molecule has 0 saturated heterocycles. The van der Waals surface area contributed by atoms with Crippen molar-refractivity contribution in [1.82, 2.24) is 25.9 Å². The molecule has 0 fully saturated rings. The molecule has 1 aliphatic carbocycles. The molecule has 1 aromatic heterocycles. The number of aromatic amines is 1. The molecule has 2 aromatic rings. The summed E-state index contributed by atoms with van der Waals surface area (Å²) in [6.45, 7) is 2.86. The number of hydrogen-bond acceptors (Lipinski definition) is 5. The Morgan fingerprint density at radius 1 is 1.40 bits per heavy atom. The van der Waals surface area contributed by atoms with Crippen LogP contribution in [0.4, 0.5) is 0 Å². The van der Waals surface area contributed by atoms with E-state index in [2.05, 4.69) is 45.0 Å². The molecule has 1 unspecified atom stereocenters. The van der Waals surface area contributed by atoms with Gasteiger partial charge in [-0.2, -0.15) is 5.21 Å². The summed E-state index contributed by atoms with van der Waals surface area (Å²) in [6.07, 6.45) is 7.80. The Hall–Kier alpha value is -3.22. The van der Waals surface area contributed by atoms with Gasteiger partial charge in [0.2, 0.25) is 5.82 Å². The Morgan fingerprint density at radius 2 is 2.20 bits per heavy atom. The number of rotatable bonds is 6. The fourth-order valence-electron chi connectivity index (χ4n) is 2.58. The van der Waals surface area contributed by atoms with E-state index >= 15 is 0 Å². The normalized spacial score (nSPS) is 17.2. The van der Waals surface area contributed by atoms with Gasteiger partial charge in [0.1, 0.15) is 0 Å². The van der Waals surface area contributed by atoms with E-state index in [-0.39, 0.29) is 0 Å². The summed E-state index contributed by atoms with van der Waals surface area (Å²) in [5.41, 5.74) is 4.08. The van der Waals surface area contributed by atoms with Gasteiger partial charge >= 0.3 is 5.97 Å². The van der Waals surface area contributed by atoms with Crippen molar-refractivity contribution in [1.29, 1.82) is 0 Å². The molecule has 25 heavy (non-hydrogen) atoms. The van der Waals surface area contributed by atoms with E-state index in [0.717, 1.165) is 34.9 Å². The van der Waals surface area contributed by atoms with Crippen molar-refractivity contribution in [3.63, 3.8) is 0 Å². The van der Waals surface area contributed by atoms with Gasteiger partial charge in [0, 0.05) is 23.9 Å². The van der Waals surface area contributed by atoms with Crippen molar-refractivity contribution in [2.75, 3.05) is 0 Å². The first-order chi connectivity index (χ1) is 12.1. The van der Waals surface area contributed by atoms with Crippen LogP contribution in [0.1, 0.15) is 30.3 Å². The summed E-state index contributed by atoms with van der Waals surface area (Å²) in [5, 5.41) is 26.2. The van der Waals surface area contributed by atoms with Gasteiger partial charge in [-0.3, -0.25) is 0 Å². The van der Waals surface area contributed by atoms with Crippen LogP contribution in [0.2, 0.25) is 0 Å². The number of aliphatic carboxylic acids is 1. The number of aromatic nitrogens is 4. The lowest BCUT2D eigenvalue weighted by Crippen LogP contribution is -2.20. The van der Waals surface area contributed by atoms with Gasteiger partial charge in [-0.25, -0.2) is 4.79 Å². The van der Waals surface area contributed by atoms with Crippen LogP contribution >= 0.6 is 0 Å². The van der Waals surface area contributed by atoms with Crippen LogP contribution < -0.4 is 5.32 Å². The van der Waals surface area contributed by atoms with Crippen LogP contribution in [0.3, 0.4) is 0 Å². The standard InChI is InChI=1S/C18H19N5O2/c1-12-2-8-15(18-20-22-23-21-18)10-16(12)19-11-14-5-3-13(4-6-14)7-9-17(24)25/h3-10,12,19H,2,11H2,1H3,(H,24,25)(H,20,21,22,23)/b9-7+. The molecule has 1 aliphatic rings. The molecule has 1 heterocycles. The first-order valence-corrected chi connectivity index (χ1v) is 8.01. The predicted molar refractivity (Wildman–Crippen MR) is 94.0 cm³/mol. The summed E-state index contributed by atoms with van der Waals surface area (Å²) >= 11 is 0. The zero-order valence-electron chi connectivity index (χ0n) is 13.8. The summed E-state index contributed by atoms with van der Waals surface area (Å²) in [4.78, 5) is 10.5. The van der Waals surface area contributed by atoms with Gasteiger partial charge in [-0.15, -0.1) is 10.2 Å². The van der Waals surface area contributed by atoms with Gasteiger partial charge in [0.25, 0.3) is 0 Å². The van der Waals surface area contributed by atoms with Crippen LogP contribution in [0.15, 0.2) is 48.2 Å². The van der Waals surface area contributed by atoms with E-state index in [1.54, 1.807) is 6.08 Å². The molecule has 7 heteroatoms. The quantitative estimate of drug-likeness (QED) is 0.699. The molecule has 3 N–H and O–H groups in total. The zero-order valence-corrected chi connectivity index (χ0v) is 13.8. The maximum absolute atomic E-state index is 10.5. The lowest BCUT2D eigenvalue weighted by Gasteiger charge is -2.21. The molecule has 128 valence electrons. The van der Waals surface area contributed by atoms with Gasteiger partial charge < -0.3 is 10.4 Å². The van der Waals surface area contributed by atoms with Crippen molar-refractivity contribution in [3.8, 4) is 0 Å². The van der Waals surface area contributed by atoms with Gasteiger partial charge in [0.15, 0.2) is 0 Å². The van der Waals surface area contributed by atoms with Crippen molar-refractivity contribution in [2.45, 2.75) is 19.9 Å². The lowest BCUT2D eigenvalue weighted by atomic mass is 9.94. The number of nitrogens with one attached hydrogen (secondary N) is 2. The molecular formula is C18H19N5O2. The van der Waals surface area contributed by atoms with E-state index in [0.29, 0.717) is 18.3 Å². The fraction of sp³-hybridized carbons (Fsp3) is 0.222. The van der Waals surface area contributed by atoms with Gasteiger partial charge in [-0.1, -0.05) is 37.3 Å². The average Bonchev–Trinajstić information content (AvgIpc) is 3.15. The number of allylic oxidation sites excluding steroid dienone is 4. The third kappa shape index (κ3) is 4.41. The molecule has 0 amide bonds. The number of tetrazole rings is 1. The fourth-order valence-corrected chi connectivity index (χ4v) is 2.58. The first kappa shape index (κ1) is 16.6. The monoisotopic (exact) mass is 337 g/mol. The minimum atomic E-state index is -0.950. The number of nitrogens with zero attached hydrogens (tertiary/aromatic N) is 3. The van der Waals surface area contributed by atoms with Crippen LogP contribution in [0, 0.1) is 5.92 Å². The second kappa shape index (κ2) is 7.57. The molecule has 0 bridgehead atoms. The van der Waals surface area contributed by atoms with E-state index in [9.17, 15) is 4.79 Å². The number of carboxylic acids is 1. The predicted octanol–water partition coefficient (Wildman–Crippen LogP) is 2.39. The highest BCUT2D eigenvalue weighted by molar-refractivity contribution is 5.85. The Bertz CT molecular complexity index is 820. The number of carbonyl (C=O) groups is 1. The van der Waals surface area contributed by atoms with Crippen molar-refractivity contribution in [2.24, 2.45) is 5.92 Å². The third-order valence-electron chi connectivity index (χ3n) is 4.03. The minimum Gasteiger partial charge on any atom is -0.478 e. The average molecular weight is 337 g/mol. The molecule has 0 aliphatic heterocycles. The SMILES string of the molecule is CC1CC=C(c2nn[nH]n2)C=C1NCc1ccc(/C=C/C(=O)O)cc1. The highest BCUT2D eigenvalue weighted by atomic mass is 16.4. The second-order valence-electron chi connectivity index (χ2n) is 5.90. The highest BCUT2D eigenvalue weighted by Crippen LogP contribution is 2.26. The molecule has 1 atom stereocenters. The number of benzene rings is 1. The Labute approximate surface area is 145 Å². The summed E-state index contributed by atoms with van der Waals surface area (Å²) in [6, 6.07) is 7.77. The van der Waals surface area contributed by atoms with Gasteiger partial charge in [0.05, 0.1) is 0 Å². The largest absolute Gasteiger partial charge is 0.478 e. The Kier molecular flexibility index (Phi) is 5.03. The zero-order chi connectivity index (χ0) is 17.6. The van der Waals surface area contributed by atoms with Crippen LogP contribution in [0.25, 0.3) is 11.6 Å². The van der Waals surface area contributed by atoms with E-state index in [1.165, 1.54) is 0 Å². The first-order valence-electron chi connectivity index (χ1n) is 8.01. The van der Waals surface area contributed by atoms with Crippen LogP contribution in [0.5, 0.6) is 0 Å². The van der Waals surface area contributed by atoms with E-state index in [1.807, 2.05) is 24.3 Å². The van der Waals surface area contributed by atoms with Crippen LogP contribution in [-0.4, -0.2) is 31.7 Å². The number of H-pyrrole nitrogens is 1. The molecule has 3 rings (SSSR count). The molecule has 0 saturated carbocycles. The van der Waals surface area contributed by atoms with Crippen molar-refractivity contribution in [3.05, 3.63) is 65.1 Å². The van der Waals surface area contributed by atoms with E-state index in [4.69, 9.17) is 5.11 Å². The van der Waals surface area contributed by atoms with Crippen LogP contribution in [-0.2, 0) is 11.3 Å². The Morgan fingerprint density at radius 3 is 2.88 bits per heavy atom. The number of carboxylic acid groups (broad SMARTS) is 1. The summed E-state index contributed by atoms with van der Waals surface area (Å²) in [5.74, 6) is 0.0450. The molecule has 1 aromatic carbocycles. The van der Waals surface area contributed by atoms with Crippen molar-refractivity contribution >= 4 is 17.6 Å². The third-order valence-corrected chi connectivity index (χ3v) is 4.03. The topological polar surface area (TPSA) is 104 Å². The highest BCUT2D eigenvalue weighted by Gasteiger charge is 2.16. The van der Waals surface area contributed by atoms with Gasteiger partial charge in [-0.05, 0) is 40.8 Å². The van der Waals surface area contributed by atoms with Crippen molar-refractivity contribution < 1.29 is 9.90 Å². The summed E-state index contributed by atoms with van der Waals surface area (Å²) < 4.78 is 0. The maximum atomic E-state index is 10.5. The maximum Gasteiger partial charge on any atom is 0.328 e. The molecule has 7 nitrogen and oxygen atoms in total. The minimum absolute atomic E-state index is 0.397. The molecule has 0 spiro atoms. The second-order valence-corrected chi connectivity index (χ2v) is 5.90. The summed E-state index contributed by atoms with van der Waals surface area (Å²) in [7, 11) is 0. The number of hydrogen-bond donors (Lipinski definition) is 3. The molecule has 0 radical (unpaired) electrons. The van der Waals surface area contributed by atoms with E-state index < -0.39 is 5.97 Å². The lowest BCUT2D eigenvalue weighted by molar-refractivity contribution is -0.131. The Balaban J connectivity index is 1.64. The smallest absolute Gasteiger partial charge is 0.328 e.